The molecule has 1 atom stereocenters. The van der Waals surface area contributed by atoms with Crippen LogP contribution >= 0.6 is 0 Å². The summed E-state index contributed by atoms with van der Waals surface area (Å²) in [7, 11) is 0. The summed E-state index contributed by atoms with van der Waals surface area (Å²) < 4.78 is 0. The maximum Gasteiger partial charge on any atom is 0.221 e. The van der Waals surface area contributed by atoms with E-state index >= 15 is 0 Å². The van der Waals surface area contributed by atoms with Crippen molar-refractivity contribution in [3.05, 3.63) is 35.9 Å². The normalized spacial score (nSPS) is 18.8. The zero-order chi connectivity index (χ0) is 17.9. The van der Waals surface area contributed by atoms with Gasteiger partial charge in [0.25, 0.3) is 0 Å². The Kier molecular flexibility index (Phi) is 8.25. The molecule has 1 aliphatic heterocycles. The Morgan fingerprint density at radius 2 is 2.12 bits per heavy atom. The van der Waals surface area contributed by atoms with E-state index in [0.717, 1.165) is 57.9 Å². The molecule has 0 radical (unpaired) electrons. The van der Waals surface area contributed by atoms with Crippen LogP contribution in [0, 0.1) is 5.92 Å². The van der Waals surface area contributed by atoms with Gasteiger partial charge < -0.3 is 21.3 Å². The highest BCUT2D eigenvalue weighted by molar-refractivity contribution is 5.79. The van der Waals surface area contributed by atoms with Gasteiger partial charge in [-0.1, -0.05) is 30.3 Å². The topological polar surface area (TPSA) is 82.8 Å². The molecule has 0 bridgehead atoms. The zero-order valence-corrected chi connectivity index (χ0v) is 15.2. The van der Waals surface area contributed by atoms with E-state index in [1.807, 2.05) is 18.2 Å². The highest BCUT2D eigenvalue weighted by atomic mass is 16.1. The molecule has 6 nitrogen and oxygen atoms in total. The summed E-state index contributed by atoms with van der Waals surface area (Å²) >= 11 is 0. The molecule has 1 amide bonds. The van der Waals surface area contributed by atoms with Gasteiger partial charge in [-0.25, -0.2) is 4.99 Å². The first-order chi connectivity index (χ1) is 12.2. The van der Waals surface area contributed by atoms with Gasteiger partial charge in [0.05, 0.1) is 12.5 Å². The SMILES string of the molecule is CCNC(=NCc1ccccc1)NCCCN1CCCC(C(N)=O)C1. The van der Waals surface area contributed by atoms with E-state index in [4.69, 9.17) is 5.73 Å². The lowest BCUT2D eigenvalue weighted by molar-refractivity contribution is -0.123. The van der Waals surface area contributed by atoms with Crippen molar-refractivity contribution in [2.45, 2.75) is 32.7 Å². The molecule has 138 valence electrons. The van der Waals surface area contributed by atoms with Gasteiger partial charge in [0, 0.05) is 19.6 Å². The Balaban J connectivity index is 1.71. The molecule has 1 saturated heterocycles. The minimum Gasteiger partial charge on any atom is -0.369 e. The van der Waals surface area contributed by atoms with Gasteiger partial charge in [0.15, 0.2) is 5.96 Å². The monoisotopic (exact) mass is 345 g/mol. The van der Waals surface area contributed by atoms with Crippen LogP contribution in [0.25, 0.3) is 0 Å². The maximum atomic E-state index is 11.3. The molecule has 1 aromatic rings. The summed E-state index contributed by atoms with van der Waals surface area (Å²) in [5.74, 6) is 0.705. The van der Waals surface area contributed by atoms with Gasteiger partial charge in [-0.2, -0.15) is 0 Å². The third-order valence-electron chi connectivity index (χ3n) is 4.46. The van der Waals surface area contributed by atoms with Crippen molar-refractivity contribution in [2.24, 2.45) is 16.6 Å². The fourth-order valence-electron chi connectivity index (χ4n) is 3.10. The predicted molar refractivity (Wildman–Crippen MR) is 102 cm³/mol. The van der Waals surface area contributed by atoms with E-state index in [0.29, 0.717) is 6.54 Å². The first-order valence-corrected chi connectivity index (χ1v) is 9.26. The number of likely N-dealkylation sites (tertiary alicyclic amines) is 1. The Morgan fingerprint density at radius 1 is 1.32 bits per heavy atom. The lowest BCUT2D eigenvalue weighted by Gasteiger charge is -2.31. The summed E-state index contributed by atoms with van der Waals surface area (Å²) in [4.78, 5) is 18.3. The van der Waals surface area contributed by atoms with Crippen molar-refractivity contribution in [1.82, 2.24) is 15.5 Å². The third kappa shape index (κ3) is 7.13. The summed E-state index contributed by atoms with van der Waals surface area (Å²) in [6.45, 7) is 7.28. The largest absolute Gasteiger partial charge is 0.369 e. The van der Waals surface area contributed by atoms with Gasteiger partial charge in [-0.3, -0.25) is 4.79 Å². The van der Waals surface area contributed by atoms with Crippen molar-refractivity contribution in [1.29, 1.82) is 0 Å². The van der Waals surface area contributed by atoms with Crippen LogP contribution in [0.15, 0.2) is 35.3 Å². The number of amides is 1. The van der Waals surface area contributed by atoms with Gasteiger partial charge in [0.1, 0.15) is 0 Å². The van der Waals surface area contributed by atoms with E-state index in [1.165, 1.54) is 5.56 Å². The average Bonchev–Trinajstić information content (AvgIpc) is 2.64. The fourth-order valence-corrected chi connectivity index (χ4v) is 3.10. The Bertz CT molecular complexity index is 546. The van der Waals surface area contributed by atoms with Crippen LogP contribution in [-0.2, 0) is 11.3 Å². The van der Waals surface area contributed by atoms with Gasteiger partial charge in [-0.15, -0.1) is 0 Å². The van der Waals surface area contributed by atoms with Gasteiger partial charge in [-0.05, 0) is 44.8 Å². The molecule has 1 fully saturated rings. The quantitative estimate of drug-likeness (QED) is 0.377. The van der Waals surface area contributed by atoms with Crippen LogP contribution in [0.5, 0.6) is 0 Å². The standard InChI is InChI=1S/C19H31N5O/c1-2-21-19(23-14-16-8-4-3-5-9-16)22-11-7-13-24-12-6-10-17(15-24)18(20)25/h3-5,8-9,17H,2,6-7,10-15H2,1H3,(H2,20,25)(H2,21,22,23). The molecule has 1 aromatic carbocycles. The van der Waals surface area contributed by atoms with Crippen LogP contribution in [-0.4, -0.2) is 49.5 Å². The maximum absolute atomic E-state index is 11.3. The summed E-state index contributed by atoms with van der Waals surface area (Å²) in [6, 6.07) is 10.2. The molecule has 1 aliphatic rings. The molecule has 2 rings (SSSR count). The van der Waals surface area contributed by atoms with Crippen LogP contribution in [0.2, 0.25) is 0 Å². The van der Waals surface area contributed by atoms with Crippen molar-refractivity contribution in [2.75, 3.05) is 32.7 Å². The number of carbonyl (C=O) groups is 1. The fraction of sp³-hybridized carbons (Fsp3) is 0.579. The summed E-state index contributed by atoms with van der Waals surface area (Å²) in [6.07, 6.45) is 3.00. The van der Waals surface area contributed by atoms with E-state index in [-0.39, 0.29) is 11.8 Å². The second kappa shape index (κ2) is 10.7. The van der Waals surface area contributed by atoms with Gasteiger partial charge >= 0.3 is 0 Å². The molecule has 0 aliphatic carbocycles. The second-order valence-electron chi connectivity index (χ2n) is 6.50. The number of nitrogens with one attached hydrogen (secondary N) is 2. The number of benzene rings is 1. The van der Waals surface area contributed by atoms with Crippen molar-refractivity contribution in [3.8, 4) is 0 Å². The molecule has 0 spiro atoms. The molecular formula is C19H31N5O. The van der Waals surface area contributed by atoms with Crippen molar-refractivity contribution < 1.29 is 4.79 Å². The highest BCUT2D eigenvalue weighted by Gasteiger charge is 2.23. The van der Waals surface area contributed by atoms with Crippen LogP contribution < -0.4 is 16.4 Å². The number of rotatable bonds is 8. The van der Waals surface area contributed by atoms with Crippen molar-refractivity contribution in [3.63, 3.8) is 0 Å². The van der Waals surface area contributed by atoms with Crippen LogP contribution in [0.1, 0.15) is 31.7 Å². The number of nitrogens with two attached hydrogens (primary N) is 1. The van der Waals surface area contributed by atoms with Gasteiger partial charge in [0.2, 0.25) is 5.91 Å². The smallest absolute Gasteiger partial charge is 0.221 e. The lowest BCUT2D eigenvalue weighted by Crippen LogP contribution is -2.43. The minimum absolute atomic E-state index is 0.0199. The first-order valence-electron chi connectivity index (χ1n) is 9.26. The van der Waals surface area contributed by atoms with E-state index in [2.05, 4.69) is 39.6 Å². The number of aliphatic imine (C=N–C) groups is 1. The number of guanidine groups is 1. The van der Waals surface area contributed by atoms with E-state index < -0.39 is 0 Å². The molecule has 1 heterocycles. The predicted octanol–water partition coefficient (Wildman–Crippen LogP) is 1.33. The first kappa shape index (κ1) is 19.2. The van der Waals surface area contributed by atoms with E-state index in [1.54, 1.807) is 0 Å². The molecule has 4 N–H and O–H groups in total. The molecule has 6 heteroatoms. The Hall–Kier alpha value is -2.08. The van der Waals surface area contributed by atoms with Crippen LogP contribution in [0.3, 0.4) is 0 Å². The van der Waals surface area contributed by atoms with E-state index in [9.17, 15) is 4.79 Å². The van der Waals surface area contributed by atoms with Crippen molar-refractivity contribution >= 4 is 11.9 Å². The number of hydrogen-bond acceptors (Lipinski definition) is 3. The Labute approximate surface area is 150 Å². The third-order valence-corrected chi connectivity index (χ3v) is 4.46. The number of hydrogen-bond donors (Lipinski definition) is 3. The molecule has 0 aromatic heterocycles. The summed E-state index contributed by atoms with van der Waals surface area (Å²) in [5, 5.41) is 6.66. The number of carbonyl (C=O) groups excluding carboxylic acids is 1. The summed E-state index contributed by atoms with van der Waals surface area (Å²) in [5.41, 5.74) is 6.64. The number of nitrogens with zero attached hydrogens (tertiary/aromatic N) is 2. The number of primary amides is 1. The number of piperidine rings is 1. The zero-order valence-electron chi connectivity index (χ0n) is 15.2. The second-order valence-corrected chi connectivity index (χ2v) is 6.50. The average molecular weight is 345 g/mol. The lowest BCUT2D eigenvalue weighted by atomic mass is 9.97. The molecular weight excluding hydrogens is 314 g/mol. The van der Waals surface area contributed by atoms with Crippen LogP contribution in [0.4, 0.5) is 0 Å². The minimum atomic E-state index is -0.162. The molecule has 1 unspecified atom stereocenters. The highest BCUT2D eigenvalue weighted by Crippen LogP contribution is 2.15. The Morgan fingerprint density at radius 3 is 2.84 bits per heavy atom. The molecule has 0 saturated carbocycles. The molecule has 25 heavy (non-hydrogen) atoms.